The van der Waals surface area contributed by atoms with Gasteiger partial charge in [-0.25, -0.2) is 4.98 Å². The summed E-state index contributed by atoms with van der Waals surface area (Å²) in [6.45, 7) is 3.41. The first-order chi connectivity index (χ1) is 9.95. The smallest absolute Gasteiger partial charge is 0.353 e. The molecule has 2 heterocycles. The second kappa shape index (κ2) is 6.60. The first-order valence-electron chi connectivity index (χ1n) is 6.58. The Kier molecular flexibility index (Phi) is 5.19. The number of alkyl halides is 3. The summed E-state index contributed by atoms with van der Waals surface area (Å²) in [7, 11) is 0. The maximum Gasteiger partial charge on any atom is 0.416 e. The van der Waals surface area contributed by atoms with Gasteiger partial charge in [-0.05, 0) is 40.2 Å². The predicted octanol–water partition coefficient (Wildman–Crippen LogP) is 3.85. The highest BCUT2D eigenvalue weighted by atomic mass is 79.9. The minimum atomic E-state index is -4.34. The first-order valence-corrected chi connectivity index (χ1v) is 7.37. The zero-order valence-electron chi connectivity index (χ0n) is 11.5. The van der Waals surface area contributed by atoms with Crippen LogP contribution >= 0.6 is 28.3 Å². The summed E-state index contributed by atoms with van der Waals surface area (Å²) in [5.41, 5.74) is -0.0849. The molecule has 120 valence electrons. The Hall–Kier alpha value is -1.05. The molecule has 1 aliphatic rings. The third-order valence-corrected chi connectivity index (χ3v) is 4.08. The molecule has 0 amide bonds. The average Bonchev–Trinajstić information content (AvgIpc) is 2.46. The zero-order valence-corrected chi connectivity index (χ0v) is 13.9. The number of fused-ring (bicyclic) bond motifs is 1. The summed E-state index contributed by atoms with van der Waals surface area (Å²) in [6.07, 6.45) is -4.34. The summed E-state index contributed by atoms with van der Waals surface area (Å²) in [5.74, 6) is 0.781. The third-order valence-electron chi connectivity index (χ3n) is 3.49. The highest BCUT2D eigenvalue weighted by Crippen LogP contribution is 2.34. The number of hydrogen-bond acceptors (Lipinski definition) is 3. The molecule has 22 heavy (non-hydrogen) atoms. The van der Waals surface area contributed by atoms with Crippen molar-refractivity contribution in [2.24, 2.45) is 0 Å². The molecule has 1 saturated heterocycles. The fraction of sp³-hybridized carbons (Fsp3) is 0.357. The Bertz CT molecular complexity index is 672. The van der Waals surface area contributed by atoms with E-state index >= 15 is 0 Å². The summed E-state index contributed by atoms with van der Waals surface area (Å²) in [5, 5.41) is 3.74. The van der Waals surface area contributed by atoms with E-state index in [0.717, 1.165) is 48.6 Å². The van der Waals surface area contributed by atoms with Gasteiger partial charge in [-0.2, -0.15) is 13.2 Å². The van der Waals surface area contributed by atoms with E-state index in [-0.39, 0.29) is 12.4 Å². The van der Waals surface area contributed by atoms with Gasteiger partial charge in [0.1, 0.15) is 5.82 Å². The second-order valence-corrected chi connectivity index (χ2v) is 5.79. The van der Waals surface area contributed by atoms with Crippen molar-refractivity contribution in [1.29, 1.82) is 0 Å². The molecular weight excluding hydrogens is 383 g/mol. The highest BCUT2D eigenvalue weighted by molar-refractivity contribution is 9.10. The van der Waals surface area contributed by atoms with E-state index in [1.54, 1.807) is 6.07 Å². The number of anilines is 1. The van der Waals surface area contributed by atoms with Crippen LogP contribution < -0.4 is 10.2 Å². The third kappa shape index (κ3) is 3.47. The molecule has 3 rings (SSSR count). The number of nitrogens with one attached hydrogen (secondary N) is 1. The minimum absolute atomic E-state index is 0. The molecule has 1 aromatic carbocycles. The van der Waals surface area contributed by atoms with Crippen molar-refractivity contribution < 1.29 is 13.2 Å². The Morgan fingerprint density at radius 1 is 1.14 bits per heavy atom. The molecule has 0 saturated carbocycles. The summed E-state index contributed by atoms with van der Waals surface area (Å²) in [4.78, 5) is 6.63. The number of halogens is 5. The molecule has 1 aromatic heterocycles. The van der Waals surface area contributed by atoms with Gasteiger partial charge < -0.3 is 10.2 Å². The lowest BCUT2D eigenvalue weighted by Gasteiger charge is -2.29. The maximum atomic E-state index is 12.7. The Balaban J connectivity index is 0.00000176. The van der Waals surface area contributed by atoms with Crippen molar-refractivity contribution >= 4 is 45.1 Å². The normalized spacial score (nSPS) is 15.7. The number of nitrogens with zero attached hydrogens (tertiary/aromatic N) is 2. The van der Waals surface area contributed by atoms with Gasteiger partial charge in [-0.15, -0.1) is 12.4 Å². The molecule has 1 N–H and O–H groups in total. The van der Waals surface area contributed by atoms with Crippen LogP contribution in [-0.4, -0.2) is 31.2 Å². The molecular formula is C14H14BrClF3N3. The number of rotatable bonds is 1. The van der Waals surface area contributed by atoms with Crippen LogP contribution in [0.1, 0.15) is 5.56 Å². The van der Waals surface area contributed by atoms with Gasteiger partial charge in [0, 0.05) is 31.6 Å². The van der Waals surface area contributed by atoms with Crippen molar-refractivity contribution in [1.82, 2.24) is 10.3 Å². The minimum Gasteiger partial charge on any atom is -0.353 e. The lowest BCUT2D eigenvalue weighted by Crippen LogP contribution is -2.44. The number of benzene rings is 1. The van der Waals surface area contributed by atoms with E-state index in [1.807, 2.05) is 0 Å². The van der Waals surface area contributed by atoms with Crippen molar-refractivity contribution in [3.05, 3.63) is 34.3 Å². The molecule has 2 aromatic rings. The number of pyridine rings is 1. The fourth-order valence-electron chi connectivity index (χ4n) is 2.42. The average molecular weight is 397 g/mol. The monoisotopic (exact) mass is 395 g/mol. The number of piperazine rings is 1. The van der Waals surface area contributed by atoms with Crippen LogP contribution in [0.25, 0.3) is 10.9 Å². The number of hydrogen-bond donors (Lipinski definition) is 1. The van der Waals surface area contributed by atoms with Gasteiger partial charge in [0.25, 0.3) is 0 Å². The second-order valence-electron chi connectivity index (χ2n) is 4.94. The zero-order chi connectivity index (χ0) is 15.0. The molecule has 0 atom stereocenters. The SMILES string of the molecule is Cl.FC(F)(F)c1ccc2nc(N3CCNCC3)c(Br)cc2c1. The summed E-state index contributed by atoms with van der Waals surface area (Å²) in [6, 6.07) is 5.34. The van der Waals surface area contributed by atoms with Crippen LogP contribution in [0.15, 0.2) is 28.7 Å². The van der Waals surface area contributed by atoms with Crippen LogP contribution in [0, 0.1) is 0 Å². The maximum absolute atomic E-state index is 12.7. The van der Waals surface area contributed by atoms with E-state index in [2.05, 4.69) is 31.1 Å². The van der Waals surface area contributed by atoms with Gasteiger partial charge in [-0.1, -0.05) is 0 Å². The predicted molar refractivity (Wildman–Crippen MR) is 86.8 cm³/mol. The van der Waals surface area contributed by atoms with Crippen LogP contribution in [0.4, 0.5) is 19.0 Å². The van der Waals surface area contributed by atoms with Gasteiger partial charge in [0.05, 0.1) is 15.6 Å². The van der Waals surface area contributed by atoms with Crippen molar-refractivity contribution in [3.8, 4) is 0 Å². The highest BCUT2D eigenvalue weighted by Gasteiger charge is 2.30. The molecule has 3 nitrogen and oxygen atoms in total. The van der Waals surface area contributed by atoms with Crippen molar-refractivity contribution in [2.45, 2.75) is 6.18 Å². The molecule has 1 aliphatic heterocycles. The van der Waals surface area contributed by atoms with E-state index in [1.165, 1.54) is 6.07 Å². The Morgan fingerprint density at radius 2 is 1.82 bits per heavy atom. The van der Waals surface area contributed by atoms with Crippen LogP contribution in [0.2, 0.25) is 0 Å². The van der Waals surface area contributed by atoms with E-state index < -0.39 is 11.7 Å². The van der Waals surface area contributed by atoms with Gasteiger partial charge in [0.2, 0.25) is 0 Å². The largest absolute Gasteiger partial charge is 0.416 e. The lowest BCUT2D eigenvalue weighted by atomic mass is 10.1. The van der Waals surface area contributed by atoms with Crippen molar-refractivity contribution in [3.63, 3.8) is 0 Å². The van der Waals surface area contributed by atoms with Gasteiger partial charge >= 0.3 is 6.18 Å². The topological polar surface area (TPSA) is 28.2 Å². The molecule has 0 aliphatic carbocycles. The molecule has 8 heteroatoms. The Labute approximate surface area is 140 Å². The summed E-state index contributed by atoms with van der Waals surface area (Å²) < 4.78 is 38.9. The molecule has 0 spiro atoms. The lowest BCUT2D eigenvalue weighted by molar-refractivity contribution is -0.137. The Morgan fingerprint density at radius 3 is 2.45 bits per heavy atom. The molecule has 0 bridgehead atoms. The van der Waals surface area contributed by atoms with Crippen LogP contribution in [-0.2, 0) is 6.18 Å². The molecule has 0 unspecified atom stereocenters. The van der Waals surface area contributed by atoms with Crippen LogP contribution in [0.3, 0.4) is 0 Å². The van der Waals surface area contributed by atoms with Gasteiger partial charge in [0.15, 0.2) is 0 Å². The van der Waals surface area contributed by atoms with E-state index in [0.29, 0.717) is 10.9 Å². The van der Waals surface area contributed by atoms with E-state index in [9.17, 15) is 13.2 Å². The van der Waals surface area contributed by atoms with Gasteiger partial charge in [-0.3, -0.25) is 0 Å². The summed E-state index contributed by atoms with van der Waals surface area (Å²) >= 11 is 3.42. The number of aromatic nitrogens is 1. The molecule has 1 fully saturated rings. The fourth-order valence-corrected chi connectivity index (χ4v) is 3.00. The van der Waals surface area contributed by atoms with E-state index in [4.69, 9.17) is 0 Å². The van der Waals surface area contributed by atoms with Crippen LogP contribution in [0.5, 0.6) is 0 Å². The standard InChI is InChI=1S/C14H13BrF3N3.ClH/c15-11-8-9-7-10(14(16,17)18)1-2-12(9)20-13(11)21-5-3-19-4-6-21;/h1-2,7-8,19H,3-6H2;1H. The van der Waals surface area contributed by atoms with Crippen molar-refractivity contribution in [2.75, 3.05) is 31.1 Å². The molecule has 0 radical (unpaired) electrons. The quantitative estimate of drug-likeness (QED) is 0.794. The first kappa shape index (κ1) is 17.3.